The van der Waals surface area contributed by atoms with Crippen molar-refractivity contribution in [3.63, 3.8) is 0 Å². The summed E-state index contributed by atoms with van der Waals surface area (Å²) in [5.41, 5.74) is 0.00247. The number of aromatic nitrogens is 2. The van der Waals surface area contributed by atoms with Gasteiger partial charge in [0.15, 0.2) is 0 Å². The fourth-order valence-electron chi connectivity index (χ4n) is 4.66. The van der Waals surface area contributed by atoms with Crippen molar-refractivity contribution < 1.29 is 19.1 Å². The lowest BCUT2D eigenvalue weighted by molar-refractivity contribution is -0.166. The van der Waals surface area contributed by atoms with Crippen LogP contribution in [0.5, 0.6) is 5.75 Å². The molecule has 2 fully saturated rings. The zero-order valence-electron chi connectivity index (χ0n) is 21.2. The van der Waals surface area contributed by atoms with E-state index in [4.69, 9.17) is 21.1 Å². The Kier molecular flexibility index (Phi) is 8.87. The number of benzene rings is 1. The number of piperazine rings is 1. The van der Waals surface area contributed by atoms with Crippen molar-refractivity contribution >= 4 is 23.4 Å². The summed E-state index contributed by atoms with van der Waals surface area (Å²) >= 11 is 6.17. The standard InChI is InChI=1S/C26H36ClN5O4/c1-21-16-22(5-6-23(21)27)35-19-26(17-25(34)31-12-10-29(2)11-13-31)18-32(14-15-36-26)24(33)4-3-8-30-9-7-28-20-30/h5-7,9,16,20H,3-4,8,10-15,17-19H2,1-2H3/t26-/m0/s1. The van der Waals surface area contributed by atoms with Gasteiger partial charge < -0.3 is 28.7 Å². The highest BCUT2D eigenvalue weighted by molar-refractivity contribution is 6.31. The van der Waals surface area contributed by atoms with Gasteiger partial charge in [0, 0.05) is 63.1 Å². The van der Waals surface area contributed by atoms with Crippen LogP contribution in [-0.2, 0) is 20.9 Å². The summed E-state index contributed by atoms with van der Waals surface area (Å²) in [6.07, 6.45) is 6.70. The molecule has 4 rings (SSSR count). The molecule has 2 amide bonds. The first kappa shape index (κ1) is 26.4. The number of hydrogen-bond acceptors (Lipinski definition) is 6. The van der Waals surface area contributed by atoms with Gasteiger partial charge in [-0.3, -0.25) is 9.59 Å². The van der Waals surface area contributed by atoms with Gasteiger partial charge >= 0.3 is 0 Å². The van der Waals surface area contributed by atoms with Crippen LogP contribution in [0.3, 0.4) is 0 Å². The van der Waals surface area contributed by atoms with E-state index in [1.165, 1.54) is 0 Å². The molecule has 1 aromatic heterocycles. The minimum atomic E-state index is -0.910. The summed E-state index contributed by atoms with van der Waals surface area (Å²) in [6.45, 7) is 7.11. The van der Waals surface area contributed by atoms with Crippen LogP contribution >= 0.6 is 11.6 Å². The average molecular weight is 518 g/mol. The predicted molar refractivity (Wildman–Crippen MR) is 137 cm³/mol. The normalized spacial score (nSPS) is 21.0. The van der Waals surface area contributed by atoms with Gasteiger partial charge in [-0.2, -0.15) is 0 Å². The van der Waals surface area contributed by atoms with Crippen LogP contribution in [0.15, 0.2) is 36.9 Å². The number of halogens is 1. The SMILES string of the molecule is Cc1cc(OC[C@]2(CC(=O)N3CCN(C)CC3)CN(C(=O)CCCn3ccnc3)CCO2)ccc1Cl. The highest BCUT2D eigenvalue weighted by atomic mass is 35.5. The Morgan fingerprint density at radius 1 is 1.14 bits per heavy atom. The zero-order valence-corrected chi connectivity index (χ0v) is 22.0. The molecule has 1 atom stereocenters. The molecule has 2 aliphatic rings. The highest BCUT2D eigenvalue weighted by Crippen LogP contribution is 2.28. The molecule has 36 heavy (non-hydrogen) atoms. The van der Waals surface area contributed by atoms with Crippen LogP contribution in [0.4, 0.5) is 0 Å². The molecule has 0 N–H and O–H groups in total. The van der Waals surface area contributed by atoms with Crippen LogP contribution < -0.4 is 4.74 Å². The lowest BCUT2D eigenvalue weighted by Crippen LogP contribution is -2.59. The molecule has 0 spiro atoms. The molecule has 1 aromatic carbocycles. The number of nitrogens with zero attached hydrogens (tertiary/aromatic N) is 5. The summed E-state index contributed by atoms with van der Waals surface area (Å²) in [7, 11) is 2.06. The third-order valence-electron chi connectivity index (χ3n) is 6.93. The number of aryl methyl sites for hydroxylation is 2. The smallest absolute Gasteiger partial charge is 0.225 e. The summed E-state index contributed by atoms with van der Waals surface area (Å²) in [4.78, 5) is 36.4. The summed E-state index contributed by atoms with van der Waals surface area (Å²) in [6, 6.07) is 5.49. The van der Waals surface area contributed by atoms with Gasteiger partial charge in [-0.05, 0) is 44.2 Å². The first-order chi connectivity index (χ1) is 17.3. The molecule has 2 aromatic rings. The minimum Gasteiger partial charge on any atom is -0.490 e. The Labute approximate surface area is 217 Å². The first-order valence-electron chi connectivity index (χ1n) is 12.6. The molecular weight excluding hydrogens is 482 g/mol. The second kappa shape index (κ2) is 12.1. The molecular formula is C26H36ClN5O4. The maximum absolute atomic E-state index is 13.3. The van der Waals surface area contributed by atoms with E-state index in [0.29, 0.717) is 50.0 Å². The Morgan fingerprint density at radius 2 is 1.94 bits per heavy atom. The van der Waals surface area contributed by atoms with Crippen molar-refractivity contribution in [2.75, 3.05) is 59.5 Å². The topological polar surface area (TPSA) is 80.1 Å². The summed E-state index contributed by atoms with van der Waals surface area (Å²) in [5, 5.41) is 0.670. The van der Waals surface area contributed by atoms with Gasteiger partial charge in [0.25, 0.3) is 0 Å². The van der Waals surface area contributed by atoms with E-state index in [0.717, 1.165) is 31.6 Å². The van der Waals surface area contributed by atoms with E-state index >= 15 is 0 Å². The summed E-state index contributed by atoms with van der Waals surface area (Å²) in [5.74, 6) is 0.765. The molecule has 0 aliphatic carbocycles. The third kappa shape index (κ3) is 6.99. The Bertz CT molecular complexity index is 1030. The molecule has 0 radical (unpaired) electrons. The largest absolute Gasteiger partial charge is 0.490 e. The maximum atomic E-state index is 13.3. The van der Waals surface area contributed by atoms with Gasteiger partial charge in [0.1, 0.15) is 18.0 Å². The molecule has 3 heterocycles. The number of rotatable bonds is 9. The van der Waals surface area contributed by atoms with Gasteiger partial charge in [-0.25, -0.2) is 4.98 Å². The molecule has 2 saturated heterocycles. The van der Waals surface area contributed by atoms with E-state index in [1.54, 1.807) is 18.6 Å². The van der Waals surface area contributed by atoms with E-state index in [9.17, 15) is 9.59 Å². The Balaban J connectivity index is 1.43. The third-order valence-corrected chi connectivity index (χ3v) is 7.35. The fraction of sp³-hybridized carbons (Fsp3) is 0.577. The number of amides is 2. The monoisotopic (exact) mass is 517 g/mol. The van der Waals surface area contributed by atoms with Crippen molar-refractivity contribution in [2.24, 2.45) is 0 Å². The van der Waals surface area contributed by atoms with Gasteiger partial charge in [0.2, 0.25) is 11.8 Å². The van der Waals surface area contributed by atoms with E-state index in [1.807, 2.05) is 39.6 Å². The quantitative estimate of drug-likeness (QED) is 0.508. The average Bonchev–Trinajstić information content (AvgIpc) is 3.39. The van der Waals surface area contributed by atoms with Crippen molar-refractivity contribution in [1.82, 2.24) is 24.3 Å². The predicted octanol–water partition coefficient (Wildman–Crippen LogP) is 2.47. The highest BCUT2D eigenvalue weighted by Gasteiger charge is 2.42. The van der Waals surface area contributed by atoms with Crippen molar-refractivity contribution in [1.29, 1.82) is 0 Å². The van der Waals surface area contributed by atoms with Crippen LogP contribution in [-0.4, -0.2) is 101 Å². The minimum absolute atomic E-state index is 0.0355. The molecule has 0 saturated carbocycles. The maximum Gasteiger partial charge on any atom is 0.225 e. The van der Waals surface area contributed by atoms with Gasteiger partial charge in [-0.1, -0.05) is 11.6 Å². The van der Waals surface area contributed by atoms with Crippen molar-refractivity contribution in [2.45, 2.75) is 38.3 Å². The van der Waals surface area contributed by atoms with Crippen molar-refractivity contribution in [3.8, 4) is 5.75 Å². The first-order valence-corrected chi connectivity index (χ1v) is 12.9. The zero-order chi connectivity index (χ0) is 25.5. The van der Waals surface area contributed by atoms with E-state index < -0.39 is 5.60 Å². The number of morpholine rings is 1. The number of carbonyl (C=O) groups is 2. The van der Waals surface area contributed by atoms with Gasteiger partial charge in [-0.15, -0.1) is 0 Å². The fourth-order valence-corrected chi connectivity index (χ4v) is 4.78. The Morgan fingerprint density at radius 3 is 2.67 bits per heavy atom. The van der Waals surface area contributed by atoms with E-state index in [-0.39, 0.29) is 24.8 Å². The van der Waals surface area contributed by atoms with Crippen LogP contribution in [0.1, 0.15) is 24.8 Å². The van der Waals surface area contributed by atoms with Crippen LogP contribution in [0.25, 0.3) is 0 Å². The van der Waals surface area contributed by atoms with Gasteiger partial charge in [0.05, 0.1) is 25.9 Å². The molecule has 9 nitrogen and oxygen atoms in total. The number of carbonyl (C=O) groups excluding carboxylic acids is 2. The molecule has 2 aliphatic heterocycles. The second-order valence-corrected chi connectivity index (χ2v) is 10.2. The van der Waals surface area contributed by atoms with Crippen LogP contribution in [0, 0.1) is 6.92 Å². The lowest BCUT2D eigenvalue weighted by atomic mass is 9.96. The number of imidazole rings is 1. The van der Waals surface area contributed by atoms with Crippen molar-refractivity contribution in [3.05, 3.63) is 47.5 Å². The molecule has 10 heteroatoms. The molecule has 0 bridgehead atoms. The van der Waals surface area contributed by atoms with E-state index in [2.05, 4.69) is 16.9 Å². The number of ether oxygens (including phenoxy) is 2. The summed E-state index contributed by atoms with van der Waals surface area (Å²) < 4.78 is 14.4. The lowest BCUT2D eigenvalue weighted by Gasteiger charge is -2.43. The van der Waals surface area contributed by atoms with Crippen LogP contribution in [0.2, 0.25) is 5.02 Å². The second-order valence-electron chi connectivity index (χ2n) is 9.81. The number of likely N-dealkylation sites (N-methyl/N-ethyl adjacent to an activating group) is 1. The molecule has 196 valence electrons. The molecule has 0 unspecified atom stereocenters. The Hall–Kier alpha value is -2.62. The number of hydrogen-bond donors (Lipinski definition) is 0.